The number of nitrogens with one attached hydrogen (secondary N) is 2. The summed E-state index contributed by atoms with van der Waals surface area (Å²) in [5.41, 5.74) is -0.420. The Bertz CT molecular complexity index is 667. The predicted molar refractivity (Wildman–Crippen MR) is 87.7 cm³/mol. The maximum absolute atomic E-state index is 12.4. The highest BCUT2D eigenvalue weighted by Gasteiger charge is 2.31. The molecule has 1 amide bonds. The summed E-state index contributed by atoms with van der Waals surface area (Å²) in [5.74, 6) is 0.913. The monoisotopic (exact) mass is 312 g/mol. The number of β-amino-alcohol motifs (C(OH)–C–C–N with tert-alkyl or cyclic N) is 1. The van der Waals surface area contributed by atoms with Gasteiger partial charge in [0.15, 0.2) is 0 Å². The Morgan fingerprint density at radius 3 is 2.65 bits per heavy atom. The topological polar surface area (TPSA) is 70.6 Å². The molecule has 1 saturated heterocycles. The van der Waals surface area contributed by atoms with Crippen molar-refractivity contribution in [2.75, 3.05) is 19.6 Å². The van der Waals surface area contributed by atoms with Crippen LogP contribution in [0.3, 0.4) is 0 Å². The second-order valence-electron chi connectivity index (χ2n) is 5.75. The Morgan fingerprint density at radius 2 is 1.91 bits per heavy atom. The molecular formula is C18H20N2O3. The number of rotatable bonds is 5. The first kappa shape index (κ1) is 15.5. The minimum Gasteiger partial charge on any atom is -0.457 e. The van der Waals surface area contributed by atoms with E-state index in [1.54, 1.807) is 18.2 Å². The summed E-state index contributed by atoms with van der Waals surface area (Å²) in [6.07, 6.45) is 0.634. The smallest absolute Gasteiger partial charge is 0.255 e. The van der Waals surface area contributed by atoms with Crippen LogP contribution in [0.5, 0.6) is 11.5 Å². The average molecular weight is 312 g/mol. The molecule has 23 heavy (non-hydrogen) atoms. The van der Waals surface area contributed by atoms with E-state index in [-0.39, 0.29) is 12.5 Å². The zero-order valence-corrected chi connectivity index (χ0v) is 12.8. The lowest BCUT2D eigenvalue weighted by molar-refractivity contribution is 0.0561. The van der Waals surface area contributed by atoms with Gasteiger partial charge in [0, 0.05) is 13.1 Å². The van der Waals surface area contributed by atoms with Gasteiger partial charge in [-0.05, 0) is 37.2 Å². The Labute approximate surface area is 135 Å². The number of para-hydroxylation sites is 2. The van der Waals surface area contributed by atoms with Crippen molar-refractivity contribution >= 4 is 5.91 Å². The number of ether oxygens (including phenoxy) is 1. The van der Waals surface area contributed by atoms with Crippen LogP contribution in [0.4, 0.5) is 0 Å². The second-order valence-corrected chi connectivity index (χ2v) is 5.75. The van der Waals surface area contributed by atoms with E-state index < -0.39 is 5.60 Å². The molecular weight excluding hydrogens is 292 g/mol. The molecule has 0 saturated carbocycles. The van der Waals surface area contributed by atoms with E-state index in [0.717, 1.165) is 6.54 Å². The number of hydrogen-bond donors (Lipinski definition) is 3. The van der Waals surface area contributed by atoms with Crippen molar-refractivity contribution in [1.82, 2.24) is 10.6 Å². The van der Waals surface area contributed by atoms with Gasteiger partial charge in [0.1, 0.15) is 11.5 Å². The minimum atomic E-state index is -0.870. The summed E-state index contributed by atoms with van der Waals surface area (Å²) in [4.78, 5) is 12.4. The van der Waals surface area contributed by atoms with Crippen LogP contribution in [0, 0.1) is 0 Å². The summed E-state index contributed by atoms with van der Waals surface area (Å²) in [7, 11) is 0. The Hall–Kier alpha value is -2.37. The summed E-state index contributed by atoms with van der Waals surface area (Å²) in [6.45, 7) is 1.48. The Morgan fingerprint density at radius 1 is 1.17 bits per heavy atom. The zero-order valence-electron chi connectivity index (χ0n) is 12.8. The van der Waals surface area contributed by atoms with Crippen molar-refractivity contribution in [2.45, 2.75) is 12.0 Å². The third-order valence-corrected chi connectivity index (χ3v) is 3.90. The Balaban J connectivity index is 1.70. The average Bonchev–Trinajstić information content (AvgIpc) is 3.01. The highest BCUT2D eigenvalue weighted by Crippen LogP contribution is 2.25. The number of amides is 1. The number of aliphatic hydroxyl groups is 1. The fraction of sp³-hybridized carbons (Fsp3) is 0.278. The Kier molecular flexibility index (Phi) is 4.60. The highest BCUT2D eigenvalue weighted by atomic mass is 16.5. The van der Waals surface area contributed by atoms with Crippen LogP contribution >= 0.6 is 0 Å². The molecule has 3 rings (SSSR count). The molecule has 3 N–H and O–H groups in total. The summed E-state index contributed by atoms with van der Waals surface area (Å²) < 4.78 is 5.79. The molecule has 0 spiro atoms. The molecule has 120 valence electrons. The van der Waals surface area contributed by atoms with Crippen LogP contribution in [0.25, 0.3) is 0 Å². The standard InChI is InChI=1S/C18H20N2O3/c21-17(20-13-18(22)10-11-19-12-18)15-8-4-5-9-16(15)23-14-6-2-1-3-7-14/h1-9,19,22H,10-13H2,(H,20,21). The molecule has 2 aromatic rings. The van der Waals surface area contributed by atoms with Gasteiger partial charge in [-0.1, -0.05) is 30.3 Å². The van der Waals surface area contributed by atoms with Crippen molar-refractivity contribution in [1.29, 1.82) is 0 Å². The molecule has 1 fully saturated rings. The SMILES string of the molecule is O=C(NCC1(O)CCNC1)c1ccccc1Oc1ccccc1. The third-order valence-electron chi connectivity index (χ3n) is 3.90. The molecule has 1 atom stereocenters. The van der Waals surface area contributed by atoms with Crippen molar-refractivity contribution in [3.8, 4) is 11.5 Å². The first-order valence-corrected chi connectivity index (χ1v) is 7.70. The van der Waals surface area contributed by atoms with E-state index in [4.69, 9.17) is 4.74 Å². The fourth-order valence-corrected chi connectivity index (χ4v) is 2.58. The molecule has 1 heterocycles. The van der Waals surface area contributed by atoms with Crippen molar-refractivity contribution < 1.29 is 14.6 Å². The van der Waals surface area contributed by atoms with E-state index in [2.05, 4.69) is 10.6 Å². The maximum atomic E-state index is 12.4. The van der Waals surface area contributed by atoms with Crippen LogP contribution in [0.1, 0.15) is 16.8 Å². The summed E-state index contributed by atoms with van der Waals surface area (Å²) in [6, 6.07) is 16.4. The lowest BCUT2D eigenvalue weighted by Gasteiger charge is -2.21. The number of hydrogen-bond acceptors (Lipinski definition) is 4. The normalized spacial score (nSPS) is 20.2. The highest BCUT2D eigenvalue weighted by molar-refractivity contribution is 5.97. The van der Waals surface area contributed by atoms with Gasteiger partial charge in [-0.25, -0.2) is 0 Å². The van der Waals surface area contributed by atoms with E-state index in [1.807, 2.05) is 36.4 Å². The molecule has 5 nitrogen and oxygen atoms in total. The lowest BCUT2D eigenvalue weighted by atomic mass is 10.0. The number of carbonyl (C=O) groups excluding carboxylic acids is 1. The summed E-state index contributed by atoms with van der Waals surface area (Å²) in [5, 5.41) is 16.2. The number of benzene rings is 2. The van der Waals surface area contributed by atoms with E-state index in [1.165, 1.54) is 0 Å². The van der Waals surface area contributed by atoms with Gasteiger partial charge in [-0.15, -0.1) is 0 Å². The molecule has 5 heteroatoms. The maximum Gasteiger partial charge on any atom is 0.255 e. The van der Waals surface area contributed by atoms with Crippen LogP contribution in [0.15, 0.2) is 54.6 Å². The second kappa shape index (κ2) is 6.81. The molecule has 0 bridgehead atoms. The third kappa shape index (κ3) is 3.88. The quantitative estimate of drug-likeness (QED) is 0.789. The first-order chi connectivity index (χ1) is 11.2. The van der Waals surface area contributed by atoms with Gasteiger partial charge in [-0.3, -0.25) is 4.79 Å². The molecule has 1 aliphatic heterocycles. The number of carbonyl (C=O) groups is 1. The van der Waals surface area contributed by atoms with Gasteiger partial charge in [-0.2, -0.15) is 0 Å². The molecule has 0 aromatic heterocycles. The molecule has 0 radical (unpaired) electrons. The van der Waals surface area contributed by atoms with Crippen molar-refractivity contribution in [3.05, 3.63) is 60.2 Å². The molecule has 0 aliphatic carbocycles. The minimum absolute atomic E-state index is 0.221. The fourth-order valence-electron chi connectivity index (χ4n) is 2.58. The van der Waals surface area contributed by atoms with Gasteiger partial charge in [0.2, 0.25) is 0 Å². The molecule has 2 aromatic carbocycles. The zero-order chi connectivity index (χ0) is 16.1. The van der Waals surface area contributed by atoms with Crippen LogP contribution in [0.2, 0.25) is 0 Å². The van der Waals surface area contributed by atoms with E-state index >= 15 is 0 Å². The van der Waals surface area contributed by atoms with E-state index in [9.17, 15) is 9.90 Å². The van der Waals surface area contributed by atoms with Crippen LogP contribution in [-0.4, -0.2) is 36.2 Å². The summed E-state index contributed by atoms with van der Waals surface area (Å²) >= 11 is 0. The van der Waals surface area contributed by atoms with Gasteiger partial charge >= 0.3 is 0 Å². The van der Waals surface area contributed by atoms with Crippen LogP contribution in [-0.2, 0) is 0 Å². The van der Waals surface area contributed by atoms with E-state index in [0.29, 0.717) is 30.0 Å². The van der Waals surface area contributed by atoms with Crippen LogP contribution < -0.4 is 15.4 Å². The van der Waals surface area contributed by atoms with Gasteiger partial charge in [0.25, 0.3) is 5.91 Å². The molecule has 1 aliphatic rings. The van der Waals surface area contributed by atoms with Crippen molar-refractivity contribution in [3.63, 3.8) is 0 Å². The molecule has 1 unspecified atom stereocenters. The van der Waals surface area contributed by atoms with Gasteiger partial charge < -0.3 is 20.5 Å². The predicted octanol–water partition coefficient (Wildman–Crippen LogP) is 1.93. The largest absolute Gasteiger partial charge is 0.457 e. The lowest BCUT2D eigenvalue weighted by Crippen LogP contribution is -2.44. The van der Waals surface area contributed by atoms with Crippen molar-refractivity contribution in [2.24, 2.45) is 0 Å². The first-order valence-electron chi connectivity index (χ1n) is 7.70. The van der Waals surface area contributed by atoms with Gasteiger partial charge in [0.05, 0.1) is 11.2 Å².